The van der Waals surface area contributed by atoms with Crippen molar-refractivity contribution in [3.05, 3.63) is 44.9 Å². The van der Waals surface area contributed by atoms with Gasteiger partial charge in [0.25, 0.3) is 5.56 Å². The molecule has 0 saturated carbocycles. The van der Waals surface area contributed by atoms with Crippen LogP contribution in [0, 0.1) is 0 Å². The standard InChI is InChI=1S/C11H9BrN6OS/c12-6-1-2-8-14-7(3-9(19)18(8)4-6)5-20-11-15-10(13)16-17-11/h1-4H,5H2,(H3,13,15,16,17). The van der Waals surface area contributed by atoms with Crippen LogP contribution in [0.1, 0.15) is 5.69 Å². The third-order valence-corrected chi connectivity index (χ3v) is 3.86. The summed E-state index contributed by atoms with van der Waals surface area (Å²) in [5.74, 6) is 0.767. The number of hydrogen-bond donors (Lipinski definition) is 2. The van der Waals surface area contributed by atoms with Gasteiger partial charge >= 0.3 is 0 Å². The second-order valence-electron chi connectivity index (χ2n) is 3.95. The molecular weight excluding hydrogens is 344 g/mol. The quantitative estimate of drug-likeness (QED) is 0.691. The Bertz CT molecular complexity index is 829. The third-order valence-electron chi connectivity index (χ3n) is 2.51. The van der Waals surface area contributed by atoms with Crippen LogP contribution in [0.5, 0.6) is 0 Å². The van der Waals surface area contributed by atoms with E-state index in [1.165, 1.54) is 22.2 Å². The molecule has 0 spiro atoms. The molecule has 20 heavy (non-hydrogen) atoms. The number of nitrogen functional groups attached to an aromatic ring is 1. The molecule has 0 aromatic carbocycles. The SMILES string of the molecule is Nc1nc(SCc2cc(=O)n3cc(Br)ccc3n2)n[nH]1. The number of pyridine rings is 1. The summed E-state index contributed by atoms with van der Waals surface area (Å²) in [6, 6.07) is 5.13. The van der Waals surface area contributed by atoms with Crippen LogP contribution in [-0.4, -0.2) is 24.6 Å². The number of halogens is 1. The minimum atomic E-state index is -0.124. The minimum Gasteiger partial charge on any atom is -0.368 e. The van der Waals surface area contributed by atoms with Crippen molar-refractivity contribution in [1.29, 1.82) is 0 Å². The van der Waals surface area contributed by atoms with Gasteiger partial charge in [0.2, 0.25) is 11.1 Å². The summed E-state index contributed by atoms with van der Waals surface area (Å²) in [7, 11) is 0. The second-order valence-corrected chi connectivity index (χ2v) is 5.81. The van der Waals surface area contributed by atoms with E-state index < -0.39 is 0 Å². The molecule has 3 N–H and O–H groups in total. The smallest absolute Gasteiger partial charge is 0.258 e. The van der Waals surface area contributed by atoms with Gasteiger partial charge in [0.1, 0.15) is 5.65 Å². The van der Waals surface area contributed by atoms with Gasteiger partial charge in [-0.1, -0.05) is 11.8 Å². The molecule has 9 heteroatoms. The number of nitrogens with zero attached hydrogens (tertiary/aromatic N) is 4. The predicted octanol–water partition coefficient (Wildman–Crippen LogP) is 1.45. The summed E-state index contributed by atoms with van der Waals surface area (Å²) in [4.78, 5) is 20.4. The van der Waals surface area contributed by atoms with Gasteiger partial charge in [-0.3, -0.25) is 9.20 Å². The first-order valence-corrected chi connectivity index (χ1v) is 7.38. The average molecular weight is 353 g/mol. The topological polar surface area (TPSA) is 102 Å². The maximum Gasteiger partial charge on any atom is 0.258 e. The summed E-state index contributed by atoms with van der Waals surface area (Å²) < 4.78 is 2.32. The second kappa shape index (κ2) is 5.25. The lowest BCUT2D eigenvalue weighted by molar-refractivity contribution is 0.968. The first-order chi connectivity index (χ1) is 9.61. The number of H-pyrrole nitrogens is 1. The van der Waals surface area contributed by atoms with Crippen molar-refractivity contribution in [3.8, 4) is 0 Å². The van der Waals surface area contributed by atoms with Crippen molar-refractivity contribution < 1.29 is 0 Å². The largest absolute Gasteiger partial charge is 0.368 e. The Hall–Kier alpha value is -1.87. The fraction of sp³-hybridized carbons (Fsp3) is 0.0909. The number of thioether (sulfide) groups is 1. The summed E-state index contributed by atoms with van der Waals surface area (Å²) in [6.45, 7) is 0. The van der Waals surface area contributed by atoms with E-state index >= 15 is 0 Å². The molecule has 0 aliphatic carbocycles. The van der Waals surface area contributed by atoms with Gasteiger partial charge in [0.15, 0.2) is 0 Å². The lowest BCUT2D eigenvalue weighted by atomic mass is 10.4. The van der Waals surface area contributed by atoms with Crippen molar-refractivity contribution in [2.75, 3.05) is 5.73 Å². The van der Waals surface area contributed by atoms with Crippen LogP contribution in [0.25, 0.3) is 5.65 Å². The van der Waals surface area contributed by atoms with Gasteiger partial charge in [-0.25, -0.2) is 10.1 Å². The molecular formula is C11H9BrN6OS. The van der Waals surface area contributed by atoms with E-state index in [0.29, 0.717) is 22.3 Å². The van der Waals surface area contributed by atoms with Crippen LogP contribution in [0.3, 0.4) is 0 Å². The van der Waals surface area contributed by atoms with Crippen molar-refractivity contribution in [2.24, 2.45) is 0 Å². The summed E-state index contributed by atoms with van der Waals surface area (Å²) in [6.07, 6.45) is 1.69. The molecule has 3 aromatic heterocycles. The highest BCUT2D eigenvalue weighted by Crippen LogP contribution is 2.18. The highest BCUT2D eigenvalue weighted by molar-refractivity contribution is 9.10. The molecule has 0 aliphatic rings. The Morgan fingerprint density at radius 3 is 3.00 bits per heavy atom. The Balaban J connectivity index is 1.89. The van der Waals surface area contributed by atoms with E-state index in [1.807, 2.05) is 6.07 Å². The number of fused-ring (bicyclic) bond motifs is 1. The molecule has 3 aromatic rings. The van der Waals surface area contributed by atoms with Gasteiger partial charge in [0, 0.05) is 22.5 Å². The fourth-order valence-corrected chi connectivity index (χ4v) is 2.70. The number of hydrogen-bond acceptors (Lipinski definition) is 6. The zero-order valence-electron chi connectivity index (χ0n) is 10.1. The summed E-state index contributed by atoms with van der Waals surface area (Å²) in [5.41, 5.74) is 6.60. The molecule has 0 radical (unpaired) electrons. The van der Waals surface area contributed by atoms with Crippen LogP contribution in [0.4, 0.5) is 5.95 Å². The maximum absolute atomic E-state index is 12.0. The van der Waals surface area contributed by atoms with Gasteiger partial charge in [-0.15, -0.1) is 5.10 Å². The maximum atomic E-state index is 12.0. The lowest BCUT2D eigenvalue weighted by Gasteiger charge is -2.03. The molecule has 0 saturated heterocycles. The predicted molar refractivity (Wildman–Crippen MR) is 79.5 cm³/mol. The molecule has 0 aliphatic heterocycles. The molecule has 3 heterocycles. The zero-order chi connectivity index (χ0) is 14.1. The van der Waals surface area contributed by atoms with Crippen LogP contribution in [-0.2, 0) is 5.75 Å². The molecule has 0 unspecified atom stereocenters. The Morgan fingerprint density at radius 1 is 1.40 bits per heavy atom. The number of nitrogens with one attached hydrogen (secondary N) is 1. The third kappa shape index (κ3) is 2.68. The molecule has 0 fully saturated rings. The lowest BCUT2D eigenvalue weighted by Crippen LogP contribution is -2.15. The molecule has 0 bridgehead atoms. The van der Waals surface area contributed by atoms with Crippen LogP contribution in [0.2, 0.25) is 0 Å². The number of rotatable bonds is 3. The van der Waals surface area contributed by atoms with Gasteiger partial charge in [0.05, 0.1) is 5.69 Å². The number of anilines is 1. The Labute approximate surface area is 125 Å². The molecule has 7 nitrogen and oxygen atoms in total. The van der Waals surface area contributed by atoms with E-state index in [2.05, 4.69) is 36.1 Å². The molecule has 102 valence electrons. The van der Waals surface area contributed by atoms with Gasteiger partial charge in [-0.05, 0) is 28.1 Å². The zero-order valence-corrected chi connectivity index (χ0v) is 12.5. The van der Waals surface area contributed by atoms with E-state index in [1.54, 1.807) is 12.3 Å². The number of aromatic amines is 1. The van der Waals surface area contributed by atoms with Crippen LogP contribution in [0.15, 0.2) is 38.8 Å². The summed E-state index contributed by atoms with van der Waals surface area (Å²) >= 11 is 4.69. The average Bonchev–Trinajstić information content (AvgIpc) is 2.83. The number of aromatic nitrogens is 5. The van der Waals surface area contributed by atoms with Crippen molar-refractivity contribution in [2.45, 2.75) is 10.9 Å². The number of nitrogens with two attached hydrogens (primary N) is 1. The molecule has 0 amide bonds. The normalized spacial score (nSPS) is 11.1. The van der Waals surface area contributed by atoms with Crippen LogP contribution >= 0.6 is 27.7 Å². The first-order valence-electron chi connectivity index (χ1n) is 5.60. The monoisotopic (exact) mass is 352 g/mol. The highest BCUT2D eigenvalue weighted by Gasteiger charge is 2.06. The molecule has 3 rings (SSSR count). The summed E-state index contributed by atoms with van der Waals surface area (Å²) in [5, 5.41) is 7.00. The van der Waals surface area contributed by atoms with Crippen molar-refractivity contribution >= 4 is 39.3 Å². The first kappa shape index (κ1) is 13.1. The highest BCUT2D eigenvalue weighted by atomic mass is 79.9. The fourth-order valence-electron chi connectivity index (χ4n) is 1.66. The van der Waals surface area contributed by atoms with Crippen molar-refractivity contribution in [3.63, 3.8) is 0 Å². The van der Waals surface area contributed by atoms with Gasteiger partial charge < -0.3 is 5.73 Å². The molecule has 0 atom stereocenters. The van der Waals surface area contributed by atoms with E-state index in [0.717, 1.165) is 4.47 Å². The minimum absolute atomic E-state index is 0.124. The van der Waals surface area contributed by atoms with E-state index in [-0.39, 0.29) is 11.5 Å². The van der Waals surface area contributed by atoms with E-state index in [4.69, 9.17) is 5.73 Å². The van der Waals surface area contributed by atoms with E-state index in [9.17, 15) is 4.79 Å². The van der Waals surface area contributed by atoms with Crippen molar-refractivity contribution in [1.82, 2.24) is 24.6 Å². The van der Waals surface area contributed by atoms with Gasteiger partial charge in [-0.2, -0.15) is 4.98 Å². The Morgan fingerprint density at radius 2 is 2.25 bits per heavy atom. The Kier molecular flexibility index (Phi) is 3.45. The van der Waals surface area contributed by atoms with Crippen LogP contribution < -0.4 is 11.3 Å².